The standard InChI is InChI=1S/C17H28FN3/c1-14(2)12-19-13-15-6-4-7-16(18)17(15)21-9-5-8-20(3)10-11-21/h4,6-7,14,19H,5,8-13H2,1-3H3. The molecule has 0 bridgehead atoms. The van der Waals surface area contributed by atoms with E-state index in [9.17, 15) is 4.39 Å². The molecule has 1 fully saturated rings. The fourth-order valence-electron chi connectivity index (χ4n) is 2.82. The van der Waals surface area contributed by atoms with Crippen molar-refractivity contribution in [2.45, 2.75) is 26.8 Å². The molecule has 0 atom stereocenters. The van der Waals surface area contributed by atoms with E-state index in [0.717, 1.165) is 56.9 Å². The van der Waals surface area contributed by atoms with Crippen LogP contribution in [0, 0.1) is 11.7 Å². The molecule has 1 saturated heterocycles. The first-order chi connectivity index (χ1) is 10.1. The Morgan fingerprint density at radius 1 is 1.19 bits per heavy atom. The second-order valence-corrected chi connectivity index (χ2v) is 6.42. The van der Waals surface area contributed by atoms with Crippen LogP contribution in [-0.2, 0) is 6.54 Å². The van der Waals surface area contributed by atoms with Gasteiger partial charge >= 0.3 is 0 Å². The molecule has 1 N–H and O–H groups in total. The van der Waals surface area contributed by atoms with Gasteiger partial charge in [0.1, 0.15) is 5.82 Å². The number of hydrogen-bond acceptors (Lipinski definition) is 3. The van der Waals surface area contributed by atoms with Crippen molar-refractivity contribution in [2.75, 3.05) is 44.7 Å². The molecule has 0 radical (unpaired) electrons. The van der Waals surface area contributed by atoms with Gasteiger partial charge in [-0.3, -0.25) is 0 Å². The fourth-order valence-corrected chi connectivity index (χ4v) is 2.82. The van der Waals surface area contributed by atoms with Crippen molar-refractivity contribution in [3.05, 3.63) is 29.6 Å². The van der Waals surface area contributed by atoms with Crippen molar-refractivity contribution in [1.82, 2.24) is 10.2 Å². The molecule has 118 valence electrons. The molecule has 1 heterocycles. The minimum absolute atomic E-state index is 0.0941. The number of rotatable bonds is 5. The van der Waals surface area contributed by atoms with Crippen LogP contribution in [-0.4, -0.2) is 44.7 Å². The van der Waals surface area contributed by atoms with Crippen molar-refractivity contribution in [3.8, 4) is 0 Å². The molecule has 1 aromatic carbocycles. The SMILES string of the molecule is CC(C)CNCc1cccc(F)c1N1CCCN(C)CC1. The van der Waals surface area contributed by atoms with Crippen LogP contribution in [0.4, 0.5) is 10.1 Å². The highest BCUT2D eigenvalue weighted by atomic mass is 19.1. The molecule has 4 heteroatoms. The van der Waals surface area contributed by atoms with E-state index in [2.05, 4.69) is 36.0 Å². The topological polar surface area (TPSA) is 18.5 Å². The lowest BCUT2D eigenvalue weighted by molar-refractivity contribution is 0.360. The molecule has 0 amide bonds. The first kappa shape index (κ1) is 16.2. The summed E-state index contributed by atoms with van der Waals surface area (Å²) >= 11 is 0. The Hall–Kier alpha value is -1.13. The average Bonchev–Trinajstić information content (AvgIpc) is 2.63. The summed E-state index contributed by atoms with van der Waals surface area (Å²) in [4.78, 5) is 4.53. The Morgan fingerprint density at radius 3 is 2.76 bits per heavy atom. The minimum atomic E-state index is -0.0941. The molecule has 0 unspecified atom stereocenters. The zero-order valence-electron chi connectivity index (χ0n) is 13.5. The zero-order valence-corrected chi connectivity index (χ0v) is 13.5. The number of likely N-dealkylation sites (N-methyl/N-ethyl adjacent to an activating group) is 1. The molecule has 0 saturated carbocycles. The summed E-state index contributed by atoms with van der Waals surface area (Å²) in [5.41, 5.74) is 1.87. The first-order valence-corrected chi connectivity index (χ1v) is 7.99. The van der Waals surface area contributed by atoms with Crippen LogP contribution in [0.3, 0.4) is 0 Å². The second kappa shape index (κ2) is 7.76. The van der Waals surface area contributed by atoms with Gasteiger partial charge in [0.2, 0.25) is 0 Å². The summed E-state index contributed by atoms with van der Waals surface area (Å²) < 4.78 is 14.4. The number of anilines is 1. The Kier molecular flexibility index (Phi) is 6.00. The highest BCUT2D eigenvalue weighted by Gasteiger charge is 2.18. The molecule has 21 heavy (non-hydrogen) atoms. The van der Waals surface area contributed by atoms with Crippen LogP contribution < -0.4 is 10.2 Å². The quantitative estimate of drug-likeness (QED) is 0.900. The second-order valence-electron chi connectivity index (χ2n) is 6.42. The third-order valence-corrected chi connectivity index (χ3v) is 3.97. The minimum Gasteiger partial charge on any atom is -0.368 e. The summed E-state index contributed by atoms with van der Waals surface area (Å²) in [5, 5.41) is 3.43. The Balaban J connectivity index is 2.12. The predicted molar refractivity (Wildman–Crippen MR) is 87.3 cm³/mol. The van der Waals surface area contributed by atoms with E-state index >= 15 is 0 Å². The van der Waals surface area contributed by atoms with Gasteiger partial charge in [-0.2, -0.15) is 0 Å². The summed E-state index contributed by atoms with van der Waals surface area (Å²) in [6.45, 7) is 9.97. The van der Waals surface area contributed by atoms with Crippen LogP contribution in [0.1, 0.15) is 25.8 Å². The van der Waals surface area contributed by atoms with Crippen molar-refractivity contribution in [2.24, 2.45) is 5.92 Å². The Bertz CT molecular complexity index is 448. The largest absolute Gasteiger partial charge is 0.368 e. The maximum atomic E-state index is 14.4. The summed E-state index contributed by atoms with van der Waals surface area (Å²) in [5.74, 6) is 0.511. The van der Waals surface area contributed by atoms with E-state index in [1.54, 1.807) is 6.07 Å². The van der Waals surface area contributed by atoms with Crippen molar-refractivity contribution < 1.29 is 4.39 Å². The maximum Gasteiger partial charge on any atom is 0.146 e. The van der Waals surface area contributed by atoms with E-state index < -0.39 is 0 Å². The lowest BCUT2D eigenvalue weighted by Crippen LogP contribution is -2.31. The number of hydrogen-bond donors (Lipinski definition) is 1. The summed E-state index contributed by atoms with van der Waals surface area (Å²) in [7, 11) is 2.13. The van der Waals surface area contributed by atoms with Crippen molar-refractivity contribution >= 4 is 5.69 Å². The monoisotopic (exact) mass is 293 g/mol. The molecule has 0 aliphatic carbocycles. The molecule has 0 aromatic heterocycles. The molecule has 1 aromatic rings. The van der Waals surface area contributed by atoms with Gasteiger partial charge in [0.25, 0.3) is 0 Å². The lowest BCUT2D eigenvalue weighted by Gasteiger charge is -2.26. The highest BCUT2D eigenvalue weighted by molar-refractivity contribution is 5.55. The van der Waals surface area contributed by atoms with Crippen molar-refractivity contribution in [1.29, 1.82) is 0 Å². The van der Waals surface area contributed by atoms with Crippen LogP contribution in [0.25, 0.3) is 0 Å². The number of halogens is 1. The smallest absolute Gasteiger partial charge is 0.146 e. The van der Waals surface area contributed by atoms with Gasteiger partial charge in [-0.1, -0.05) is 26.0 Å². The maximum absolute atomic E-state index is 14.4. The molecule has 3 nitrogen and oxygen atoms in total. The van der Waals surface area contributed by atoms with Crippen molar-refractivity contribution in [3.63, 3.8) is 0 Å². The van der Waals surface area contributed by atoms with Crippen LogP contribution >= 0.6 is 0 Å². The predicted octanol–water partition coefficient (Wildman–Crippen LogP) is 2.71. The van der Waals surface area contributed by atoms with E-state index in [-0.39, 0.29) is 5.82 Å². The third kappa shape index (κ3) is 4.68. The van der Waals surface area contributed by atoms with Gasteiger partial charge in [0.15, 0.2) is 0 Å². The van der Waals surface area contributed by atoms with Gasteiger partial charge < -0.3 is 15.1 Å². The molecular weight excluding hydrogens is 265 g/mol. The van der Waals surface area contributed by atoms with Gasteiger partial charge in [-0.15, -0.1) is 0 Å². The lowest BCUT2D eigenvalue weighted by atomic mass is 10.1. The van der Waals surface area contributed by atoms with Gasteiger partial charge in [0, 0.05) is 26.2 Å². The molecule has 1 aliphatic rings. The first-order valence-electron chi connectivity index (χ1n) is 7.99. The van der Waals surface area contributed by atoms with Crippen LogP contribution in [0.5, 0.6) is 0 Å². The zero-order chi connectivity index (χ0) is 15.2. The molecule has 0 spiro atoms. The third-order valence-electron chi connectivity index (χ3n) is 3.97. The van der Waals surface area contributed by atoms with E-state index in [4.69, 9.17) is 0 Å². The number of nitrogens with one attached hydrogen (secondary N) is 1. The van der Waals surface area contributed by atoms with Gasteiger partial charge in [-0.05, 0) is 44.1 Å². The van der Waals surface area contributed by atoms with Gasteiger partial charge in [0.05, 0.1) is 5.69 Å². The fraction of sp³-hybridized carbons (Fsp3) is 0.647. The van der Waals surface area contributed by atoms with Crippen LogP contribution in [0.2, 0.25) is 0 Å². The number of nitrogens with zero attached hydrogens (tertiary/aromatic N) is 2. The van der Waals surface area contributed by atoms with Gasteiger partial charge in [-0.25, -0.2) is 4.39 Å². The molecule has 1 aliphatic heterocycles. The van der Waals surface area contributed by atoms with E-state index in [1.807, 2.05) is 12.1 Å². The summed E-state index contributed by atoms with van der Waals surface area (Å²) in [6, 6.07) is 5.44. The Labute approximate surface area is 128 Å². The highest BCUT2D eigenvalue weighted by Crippen LogP contribution is 2.25. The number of para-hydroxylation sites is 1. The van der Waals surface area contributed by atoms with E-state index in [1.165, 1.54) is 0 Å². The average molecular weight is 293 g/mol. The van der Waals surface area contributed by atoms with E-state index in [0.29, 0.717) is 5.92 Å². The number of benzene rings is 1. The normalized spacial score (nSPS) is 17.3. The molecule has 2 rings (SSSR count). The molecular formula is C17H28FN3. The summed E-state index contributed by atoms with van der Waals surface area (Å²) in [6.07, 6.45) is 1.09. The Morgan fingerprint density at radius 2 is 2.00 bits per heavy atom. The van der Waals surface area contributed by atoms with Crippen LogP contribution in [0.15, 0.2) is 18.2 Å².